The second-order valence-electron chi connectivity index (χ2n) is 7.50. The van der Waals surface area contributed by atoms with Crippen molar-refractivity contribution in [3.63, 3.8) is 0 Å². The lowest BCUT2D eigenvalue weighted by Gasteiger charge is -2.28. The number of carboxylic acids is 1. The molecule has 3 aromatic rings. The highest BCUT2D eigenvalue weighted by Gasteiger charge is 2.24. The van der Waals surface area contributed by atoms with Crippen molar-refractivity contribution in [2.45, 2.75) is 31.7 Å². The van der Waals surface area contributed by atoms with Crippen molar-refractivity contribution in [1.29, 1.82) is 0 Å². The van der Waals surface area contributed by atoms with E-state index in [4.69, 9.17) is 4.42 Å². The largest absolute Gasteiger partial charge is 0.481 e. The number of benzene rings is 1. The molecule has 0 saturated heterocycles. The Hall–Kier alpha value is -3.39. The Balaban J connectivity index is 1.43. The van der Waals surface area contributed by atoms with E-state index in [2.05, 4.69) is 5.32 Å². The van der Waals surface area contributed by atoms with Gasteiger partial charge in [-0.15, -0.1) is 11.3 Å². The summed E-state index contributed by atoms with van der Waals surface area (Å²) in [5.41, 5.74) is 2.75. The van der Waals surface area contributed by atoms with E-state index >= 15 is 0 Å². The quantitative estimate of drug-likeness (QED) is 0.578. The number of amides is 2. The van der Waals surface area contributed by atoms with Gasteiger partial charge >= 0.3 is 5.97 Å². The molecule has 0 bridgehead atoms. The lowest BCUT2D eigenvalue weighted by atomic mass is 9.97. The molecule has 4 rings (SSSR count). The van der Waals surface area contributed by atoms with Crippen molar-refractivity contribution in [1.82, 2.24) is 4.90 Å². The number of hydrogen-bond donors (Lipinski definition) is 2. The van der Waals surface area contributed by atoms with Crippen molar-refractivity contribution in [2.75, 3.05) is 11.9 Å². The van der Waals surface area contributed by atoms with Gasteiger partial charge in [0.25, 0.3) is 5.91 Å². The Morgan fingerprint density at radius 2 is 2.00 bits per heavy atom. The summed E-state index contributed by atoms with van der Waals surface area (Å²) in [4.78, 5) is 39.0. The summed E-state index contributed by atoms with van der Waals surface area (Å²) in [6, 6.07) is 12.7. The summed E-state index contributed by atoms with van der Waals surface area (Å²) in [5.74, 6) is -1.37. The summed E-state index contributed by atoms with van der Waals surface area (Å²) in [6.45, 7) is 1.05. The molecular formula is C23H22N2O5S. The highest BCUT2D eigenvalue weighted by molar-refractivity contribution is 7.10. The highest BCUT2D eigenvalue weighted by Crippen LogP contribution is 2.29. The van der Waals surface area contributed by atoms with Crippen LogP contribution in [0.25, 0.3) is 0 Å². The van der Waals surface area contributed by atoms with Gasteiger partial charge in [0.1, 0.15) is 0 Å². The summed E-state index contributed by atoms with van der Waals surface area (Å²) in [5, 5.41) is 13.9. The zero-order valence-electron chi connectivity index (χ0n) is 16.7. The van der Waals surface area contributed by atoms with Crippen molar-refractivity contribution >= 4 is 34.8 Å². The first kappa shape index (κ1) is 20.9. The molecule has 7 nitrogen and oxygen atoms in total. The number of aliphatic carboxylic acids is 1. The third-order valence-electron chi connectivity index (χ3n) is 5.32. The van der Waals surface area contributed by atoms with E-state index in [1.165, 1.54) is 17.6 Å². The number of nitrogens with zero attached hydrogens (tertiary/aromatic N) is 1. The number of fused-ring (bicyclic) bond motifs is 1. The molecule has 2 N–H and O–H groups in total. The molecule has 1 atom stereocenters. The minimum absolute atomic E-state index is 0.0903. The Kier molecular flexibility index (Phi) is 6.18. The number of anilines is 1. The van der Waals surface area contributed by atoms with Crippen LogP contribution in [0.5, 0.6) is 0 Å². The van der Waals surface area contributed by atoms with Gasteiger partial charge in [-0.3, -0.25) is 14.4 Å². The standard InChI is InChI=1S/C23H22N2O5S/c26-21(12-16(13-22(27)28)20-4-2-10-31-20)24-18-6-5-15-7-8-25(14-17(15)11-18)23(29)19-3-1-9-30-19/h1-6,9-11,16H,7-8,12-14H2,(H,24,26)(H,27,28)/t16-/m0/s1. The van der Waals surface area contributed by atoms with Gasteiger partial charge in [0.05, 0.1) is 12.7 Å². The molecule has 0 spiro atoms. The first-order valence-electron chi connectivity index (χ1n) is 9.99. The minimum atomic E-state index is -0.929. The molecule has 1 aliphatic heterocycles. The van der Waals surface area contributed by atoms with E-state index in [1.54, 1.807) is 17.0 Å². The number of thiophene rings is 1. The monoisotopic (exact) mass is 438 g/mol. The molecule has 160 valence electrons. The van der Waals surface area contributed by atoms with Crippen LogP contribution in [0, 0.1) is 0 Å². The molecule has 0 aliphatic carbocycles. The van der Waals surface area contributed by atoms with Crippen LogP contribution in [-0.2, 0) is 22.6 Å². The molecule has 8 heteroatoms. The molecule has 0 fully saturated rings. The molecule has 0 saturated carbocycles. The van der Waals surface area contributed by atoms with Crippen LogP contribution in [0.2, 0.25) is 0 Å². The fraction of sp³-hybridized carbons (Fsp3) is 0.261. The minimum Gasteiger partial charge on any atom is -0.481 e. The topological polar surface area (TPSA) is 99.8 Å². The number of carbonyl (C=O) groups excluding carboxylic acids is 2. The van der Waals surface area contributed by atoms with Gasteiger partial charge in [0, 0.05) is 36.0 Å². The Labute approximate surface area is 183 Å². The predicted molar refractivity (Wildman–Crippen MR) is 116 cm³/mol. The Morgan fingerprint density at radius 1 is 1.13 bits per heavy atom. The van der Waals surface area contributed by atoms with Gasteiger partial charge in [0.15, 0.2) is 5.76 Å². The number of furan rings is 1. The van der Waals surface area contributed by atoms with Crippen molar-refractivity contribution in [2.24, 2.45) is 0 Å². The number of carbonyl (C=O) groups is 3. The molecule has 0 radical (unpaired) electrons. The van der Waals surface area contributed by atoms with Gasteiger partial charge in [-0.2, -0.15) is 0 Å². The molecular weight excluding hydrogens is 416 g/mol. The van der Waals surface area contributed by atoms with Crippen LogP contribution in [0.3, 0.4) is 0 Å². The highest BCUT2D eigenvalue weighted by atomic mass is 32.1. The first-order valence-corrected chi connectivity index (χ1v) is 10.9. The van der Waals surface area contributed by atoms with E-state index < -0.39 is 5.97 Å². The van der Waals surface area contributed by atoms with Crippen molar-refractivity contribution < 1.29 is 23.9 Å². The summed E-state index contributed by atoms with van der Waals surface area (Å²) in [6.07, 6.45) is 2.20. The zero-order chi connectivity index (χ0) is 21.8. The van der Waals surface area contributed by atoms with Gasteiger partial charge in [-0.1, -0.05) is 12.1 Å². The van der Waals surface area contributed by atoms with E-state index in [9.17, 15) is 19.5 Å². The molecule has 1 aromatic carbocycles. The third-order valence-corrected chi connectivity index (χ3v) is 6.35. The van der Waals surface area contributed by atoms with Gasteiger partial charge < -0.3 is 19.7 Å². The van der Waals surface area contributed by atoms with E-state index in [-0.39, 0.29) is 30.6 Å². The lowest BCUT2D eigenvalue weighted by Crippen LogP contribution is -2.35. The summed E-state index contributed by atoms with van der Waals surface area (Å²) in [7, 11) is 0. The second-order valence-corrected chi connectivity index (χ2v) is 8.48. The number of rotatable bonds is 7. The number of hydrogen-bond acceptors (Lipinski definition) is 5. The molecule has 3 heterocycles. The molecule has 0 unspecified atom stereocenters. The normalized spacial score (nSPS) is 14.0. The fourth-order valence-electron chi connectivity index (χ4n) is 3.81. The molecule has 1 aliphatic rings. The lowest BCUT2D eigenvalue weighted by molar-refractivity contribution is -0.137. The third kappa shape index (κ3) is 5.03. The molecule has 2 amide bonds. The van der Waals surface area contributed by atoms with E-state index in [0.717, 1.165) is 22.4 Å². The number of carboxylic acid groups (broad SMARTS) is 1. The van der Waals surface area contributed by atoms with Crippen LogP contribution in [0.1, 0.15) is 45.3 Å². The Morgan fingerprint density at radius 3 is 2.71 bits per heavy atom. The van der Waals surface area contributed by atoms with Crippen LogP contribution in [0.4, 0.5) is 5.69 Å². The van der Waals surface area contributed by atoms with Crippen LogP contribution >= 0.6 is 11.3 Å². The maximum atomic E-state index is 12.6. The second kappa shape index (κ2) is 9.18. The van der Waals surface area contributed by atoms with Crippen molar-refractivity contribution in [3.05, 3.63) is 75.9 Å². The van der Waals surface area contributed by atoms with E-state index in [0.29, 0.717) is 24.5 Å². The van der Waals surface area contributed by atoms with E-state index in [1.807, 2.05) is 35.7 Å². The summed E-state index contributed by atoms with van der Waals surface area (Å²) < 4.78 is 5.22. The van der Waals surface area contributed by atoms with Crippen LogP contribution in [-0.4, -0.2) is 34.3 Å². The maximum absolute atomic E-state index is 12.6. The zero-order valence-corrected chi connectivity index (χ0v) is 17.6. The number of nitrogens with one attached hydrogen (secondary N) is 1. The van der Waals surface area contributed by atoms with Crippen molar-refractivity contribution in [3.8, 4) is 0 Å². The average molecular weight is 439 g/mol. The molecule has 31 heavy (non-hydrogen) atoms. The predicted octanol–water partition coefficient (Wildman–Crippen LogP) is 4.13. The van der Waals surface area contributed by atoms with Gasteiger partial charge in [-0.05, 0) is 53.3 Å². The maximum Gasteiger partial charge on any atom is 0.304 e. The van der Waals surface area contributed by atoms with Gasteiger partial charge in [-0.25, -0.2) is 0 Å². The molecule has 2 aromatic heterocycles. The first-order chi connectivity index (χ1) is 15.0. The smallest absolute Gasteiger partial charge is 0.304 e. The fourth-order valence-corrected chi connectivity index (χ4v) is 4.64. The van der Waals surface area contributed by atoms with Crippen LogP contribution in [0.15, 0.2) is 58.5 Å². The van der Waals surface area contributed by atoms with Crippen LogP contribution < -0.4 is 5.32 Å². The van der Waals surface area contributed by atoms with Gasteiger partial charge in [0.2, 0.25) is 5.91 Å². The summed E-state index contributed by atoms with van der Waals surface area (Å²) >= 11 is 1.45. The SMILES string of the molecule is O=C(O)C[C@H](CC(=O)Nc1ccc2c(c1)CN(C(=O)c1ccco1)CC2)c1cccs1. The average Bonchev–Trinajstić information content (AvgIpc) is 3.46. The Bertz CT molecular complexity index is 1080.